The molecule has 0 saturated heterocycles. The van der Waals surface area contributed by atoms with E-state index in [-0.39, 0.29) is 5.91 Å². The van der Waals surface area contributed by atoms with E-state index in [4.69, 9.17) is 5.73 Å². The molecule has 2 rings (SSSR count). The van der Waals surface area contributed by atoms with Crippen LogP contribution in [0.3, 0.4) is 0 Å². The quantitative estimate of drug-likeness (QED) is 0.727. The molecular formula is C14H21N3O. The third kappa shape index (κ3) is 2.71. The highest BCUT2D eigenvalue weighted by Crippen LogP contribution is 2.29. The van der Waals surface area contributed by atoms with Crippen LogP contribution >= 0.6 is 0 Å². The van der Waals surface area contributed by atoms with Crippen LogP contribution in [0.1, 0.15) is 18.1 Å². The van der Waals surface area contributed by atoms with Crippen LogP contribution in [0.25, 0.3) is 0 Å². The number of hydrogen-bond donors (Lipinski definition) is 2. The van der Waals surface area contributed by atoms with E-state index >= 15 is 0 Å². The molecule has 0 aromatic heterocycles. The molecule has 1 aliphatic heterocycles. The summed E-state index contributed by atoms with van der Waals surface area (Å²) in [6.45, 7) is 5.24. The van der Waals surface area contributed by atoms with Gasteiger partial charge >= 0.3 is 0 Å². The van der Waals surface area contributed by atoms with Gasteiger partial charge in [0.1, 0.15) is 0 Å². The number of nitrogens with zero attached hydrogens (tertiary/aromatic N) is 1. The molecule has 0 atom stereocenters. The van der Waals surface area contributed by atoms with Gasteiger partial charge in [0.15, 0.2) is 0 Å². The van der Waals surface area contributed by atoms with Crippen LogP contribution in [-0.4, -0.2) is 32.1 Å². The first-order valence-corrected chi connectivity index (χ1v) is 6.59. The predicted octanol–water partition coefficient (Wildman–Crippen LogP) is 0.686. The molecule has 1 aromatic carbocycles. The van der Waals surface area contributed by atoms with E-state index in [0.717, 1.165) is 37.3 Å². The van der Waals surface area contributed by atoms with Crippen molar-refractivity contribution in [3.63, 3.8) is 0 Å². The van der Waals surface area contributed by atoms with Gasteiger partial charge in [-0.3, -0.25) is 4.79 Å². The minimum Gasteiger partial charge on any atom is -0.330 e. The largest absolute Gasteiger partial charge is 0.330 e. The average Bonchev–Trinajstić information content (AvgIpc) is 2.66. The molecule has 0 fully saturated rings. The highest BCUT2D eigenvalue weighted by Gasteiger charge is 2.26. The first kappa shape index (κ1) is 13.1. The molecule has 0 radical (unpaired) electrons. The van der Waals surface area contributed by atoms with E-state index in [9.17, 15) is 4.79 Å². The summed E-state index contributed by atoms with van der Waals surface area (Å²) in [6, 6.07) is 6.25. The zero-order valence-electron chi connectivity index (χ0n) is 10.9. The number of likely N-dealkylation sites (N-methyl/N-ethyl adjacent to an activating group) is 1. The molecule has 4 heteroatoms. The Hall–Kier alpha value is -1.39. The van der Waals surface area contributed by atoms with Gasteiger partial charge in [0.2, 0.25) is 5.91 Å². The van der Waals surface area contributed by atoms with Crippen LogP contribution in [0, 0.1) is 0 Å². The van der Waals surface area contributed by atoms with Crippen molar-refractivity contribution in [1.29, 1.82) is 0 Å². The van der Waals surface area contributed by atoms with E-state index in [0.29, 0.717) is 13.0 Å². The maximum atomic E-state index is 12.0. The second kappa shape index (κ2) is 5.98. The highest BCUT2D eigenvalue weighted by atomic mass is 16.2. The molecule has 0 bridgehead atoms. The van der Waals surface area contributed by atoms with Crippen molar-refractivity contribution in [1.82, 2.24) is 5.32 Å². The van der Waals surface area contributed by atoms with E-state index in [1.165, 1.54) is 5.56 Å². The van der Waals surface area contributed by atoms with Gasteiger partial charge in [-0.2, -0.15) is 0 Å². The zero-order chi connectivity index (χ0) is 13.0. The summed E-state index contributed by atoms with van der Waals surface area (Å²) in [6.07, 6.45) is 1.40. The summed E-state index contributed by atoms with van der Waals surface area (Å²) in [5, 5.41) is 3.25. The Morgan fingerprint density at radius 3 is 3.00 bits per heavy atom. The average molecular weight is 247 g/mol. The lowest BCUT2D eigenvalue weighted by atomic mass is 10.1. The zero-order valence-corrected chi connectivity index (χ0v) is 10.9. The van der Waals surface area contributed by atoms with E-state index < -0.39 is 0 Å². The molecule has 1 aromatic rings. The number of benzene rings is 1. The monoisotopic (exact) mass is 247 g/mol. The molecule has 98 valence electrons. The van der Waals surface area contributed by atoms with Gasteiger partial charge < -0.3 is 16.0 Å². The van der Waals surface area contributed by atoms with Gasteiger partial charge in [0, 0.05) is 18.8 Å². The number of fused-ring (bicyclic) bond motifs is 1. The molecule has 3 N–H and O–H groups in total. The van der Waals surface area contributed by atoms with Crippen LogP contribution in [0.4, 0.5) is 5.69 Å². The van der Waals surface area contributed by atoms with Gasteiger partial charge in [-0.1, -0.05) is 19.1 Å². The number of anilines is 1. The van der Waals surface area contributed by atoms with Crippen molar-refractivity contribution in [3.8, 4) is 0 Å². The van der Waals surface area contributed by atoms with Crippen LogP contribution in [0.5, 0.6) is 0 Å². The van der Waals surface area contributed by atoms with E-state index in [1.807, 2.05) is 4.90 Å². The summed E-state index contributed by atoms with van der Waals surface area (Å²) >= 11 is 0. The van der Waals surface area contributed by atoms with Gasteiger partial charge in [0.05, 0.1) is 6.42 Å². The van der Waals surface area contributed by atoms with Crippen LogP contribution < -0.4 is 16.0 Å². The van der Waals surface area contributed by atoms with Crippen LogP contribution in [0.15, 0.2) is 18.2 Å². The molecule has 0 spiro atoms. The number of nitrogens with two attached hydrogens (primary N) is 1. The standard InChI is InChI=1S/C14H21N3O/c1-2-16-7-8-17-13-4-3-11(5-6-15)9-12(13)10-14(17)18/h3-4,9,16H,2,5-8,10,15H2,1H3. The number of rotatable bonds is 6. The van der Waals surface area contributed by atoms with Gasteiger partial charge in [-0.15, -0.1) is 0 Å². The lowest BCUT2D eigenvalue weighted by Crippen LogP contribution is -2.34. The minimum atomic E-state index is 0.202. The van der Waals surface area contributed by atoms with Gasteiger partial charge in [0.25, 0.3) is 0 Å². The van der Waals surface area contributed by atoms with Crippen molar-refractivity contribution in [2.75, 3.05) is 31.1 Å². The fraction of sp³-hybridized carbons (Fsp3) is 0.500. The molecule has 4 nitrogen and oxygen atoms in total. The molecule has 1 heterocycles. The fourth-order valence-corrected chi connectivity index (χ4v) is 2.37. The smallest absolute Gasteiger partial charge is 0.231 e. The molecule has 18 heavy (non-hydrogen) atoms. The topological polar surface area (TPSA) is 58.4 Å². The molecular weight excluding hydrogens is 226 g/mol. The Labute approximate surface area is 108 Å². The molecule has 0 aliphatic carbocycles. The van der Waals surface area contributed by atoms with Gasteiger partial charge in [-0.25, -0.2) is 0 Å². The molecule has 1 aliphatic rings. The predicted molar refractivity (Wildman–Crippen MR) is 73.8 cm³/mol. The lowest BCUT2D eigenvalue weighted by Gasteiger charge is -2.17. The third-order valence-corrected chi connectivity index (χ3v) is 3.27. The summed E-state index contributed by atoms with van der Waals surface area (Å²) < 4.78 is 0. The van der Waals surface area contributed by atoms with E-state index in [1.54, 1.807) is 0 Å². The lowest BCUT2D eigenvalue weighted by molar-refractivity contribution is -0.117. The second-order valence-corrected chi connectivity index (χ2v) is 4.58. The van der Waals surface area contributed by atoms with Crippen LogP contribution in [-0.2, 0) is 17.6 Å². The molecule has 0 unspecified atom stereocenters. The second-order valence-electron chi connectivity index (χ2n) is 4.58. The normalized spacial score (nSPS) is 14.1. The first-order valence-electron chi connectivity index (χ1n) is 6.59. The summed E-state index contributed by atoms with van der Waals surface area (Å²) in [5.41, 5.74) is 8.99. The summed E-state index contributed by atoms with van der Waals surface area (Å²) in [5.74, 6) is 0.202. The minimum absolute atomic E-state index is 0.202. The number of hydrogen-bond acceptors (Lipinski definition) is 3. The summed E-state index contributed by atoms with van der Waals surface area (Å²) in [4.78, 5) is 13.8. The maximum absolute atomic E-state index is 12.0. The third-order valence-electron chi connectivity index (χ3n) is 3.27. The van der Waals surface area contributed by atoms with Crippen LogP contribution in [0.2, 0.25) is 0 Å². The van der Waals surface area contributed by atoms with E-state index in [2.05, 4.69) is 30.4 Å². The molecule has 1 amide bonds. The van der Waals surface area contributed by atoms with Crippen molar-refractivity contribution in [2.24, 2.45) is 5.73 Å². The number of carbonyl (C=O) groups excluding carboxylic acids is 1. The summed E-state index contributed by atoms with van der Waals surface area (Å²) in [7, 11) is 0. The number of nitrogens with one attached hydrogen (secondary N) is 1. The molecule has 0 saturated carbocycles. The maximum Gasteiger partial charge on any atom is 0.231 e. The Morgan fingerprint density at radius 1 is 1.44 bits per heavy atom. The van der Waals surface area contributed by atoms with Crippen molar-refractivity contribution >= 4 is 11.6 Å². The number of carbonyl (C=O) groups is 1. The fourth-order valence-electron chi connectivity index (χ4n) is 2.37. The Morgan fingerprint density at radius 2 is 2.28 bits per heavy atom. The Kier molecular flexibility index (Phi) is 4.33. The highest BCUT2D eigenvalue weighted by molar-refractivity contribution is 6.01. The number of amides is 1. The van der Waals surface area contributed by atoms with Crippen molar-refractivity contribution in [2.45, 2.75) is 19.8 Å². The first-order chi connectivity index (χ1) is 8.76. The van der Waals surface area contributed by atoms with Gasteiger partial charge in [-0.05, 0) is 36.7 Å². The SMILES string of the molecule is CCNCCN1C(=O)Cc2cc(CCN)ccc21. The van der Waals surface area contributed by atoms with Crippen molar-refractivity contribution in [3.05, 3.63) is 29.3 Å². The van der Waals surface area contributed by atoms with Crippen molar-refractivity contribution < 1.29 is 4.79 Å². The Balaban J connectivity index is 2.11. The Bertz CT molecular complexity index is 431.